The molecule has 0 spiro atoms. The summed E-state index contributed by atoms with van der Waals surface area (Å²) < 4.78 is 5.14. The number of rotatable bonds is 6. The van der Waals surface area contributed by atoms with E-state index >= 15 is 0 Å². The lowest BCUT2D eigenvalue weighted by molar-refractivity contribution is -0.122. The van der Waals surface area contributed by atoms with Crippen LogP contribution in [-0.4, -0.2) is 19.1 Å². The van der Waals surface area contributed by atoms with Gasteiger partial charge in [0.05, 0.1) is 7.11 Å². The topological polar surface area (TPSA) is 38.3 Å². The van der Waals surface area contributed by atoms with E-state index in [1.54, 1.807) is 7.11 Å². The minimum atomic E-state index is 0.210. The molecule has 0 aliphatic heterocycles. The number of ether oxygens (including phenoxy) is 1. The molecule has 1 N–H and O–H groups in total. The fourth-order valence-electron chi connectivity index (χ4n) is 3.05. The molecule has 2 atom stereocenters. The van der Waals surface area contributed by atoms with Crippen LogP contribution in [0.25, 0.3) is 0 Å². The lowest BCUT2D eigenvalue weighted by Gasteiger charge is -2.29. The zero-order valence-corrected chi connectivity index (χ0v) is 13.2. The monoisotopic (exact) mass is 289 g/mol. The zero-order chi connectivity index (χ0) is 15.1. The van der Waals surface area contributed by atoms with Gasteiger partial charge in [0.2, 0.25) is 5.91 Å². The minimum Gasteiger partial charge on any atom is -0.497 e. The van der Waals surface area contributed by atoms with E-state index in [1.807, 2.05) is 12.1 Å². The van der Waals surface area contributed by atoms with Gasteiger partial charge in [-0.3, -0.25) is 4.79 Å². The smallest absolute Gasteiger partial charge is 0.220 e. The molecule has 21 heavy (non-hydrogen) atoms. The Kier molecular flexibility index (Phi) is 6.09. The third-order valence-electron chi connectivity index (χ3n) is 4.49. The lowest BCUT2D eigenvalue weighted by atomic mass is 9.86. The maximum Gasteiger partial charge on any atom is 0.220 e. The van der Waals surface area contributed by atoms with Crippen molar-refractivity contribution in [1.29, 1.82) is 0 Å². The van der Waals surface area contributed by atoms with Crippen LogP contribution < -0.4 is 10.1 Å². The molecule has 3 nitrogen and oxygen atoms in total. The Balaban J connectivity index is 1.68. The molecule has 1 saturated carbocycles. The van der Waals surface area contributed by atoms with E-state index in [2.05, 4.69) is 24.4 Å². The number of aryl methyl sites for hydroxylation is 1. The first-order chi connectivity index (χ1) is 10.2. The van der Waals surface area contributed by atoms with Gasteiger partial charge in [-0.1, -0.05) is 31.9 Å². The summed E-state index contributed by atoms with van der Waals surface area (Å²) in [4.78, 5) is 12.0. The molecular formula is C18H27NO2. The number of hydrogen-bond acceptors (Lipinski definition) is 2. The third-order valence-corrected chi connectivity index (χ3v) is 4.49. The summed E-state index contributed by atoms with van der Waals surface area (Å²) in [5, 5.41) is 3.21. The first-order valence-electron chi connectivity index (χ1n) is 8.11. The van der Waals surface area contributed by atoms with Gasteiger partial charge in [-0.05, 0) is 49.3 Å². The fourth-order valence-corrected chi connectivity index (χ4v) is 3.05. The van der Waals surface area contributed by atoms with Crippen molar-refractivity contribution < 1.29 is 9.53 Å². The molecule has 1 aromatic carbocycles. The SMILES string of the molecule is COc1ccc(CCCC(=O)N[C@H]2CCCC[C@H]2C)cc1. The molecular weight excluding hydrogens is 262 g/mol. The van der Waals surface area contributed by atoms with Gasteiger partial charge in [-0.15, -0.1) is 0 Å². The van der Waals surface area contributed by atoms with Crippen LogP contribution in [0.4, 0.5) is 0 Å². The van der Waals surface area contributed by atoms with Gasteiger partial charge in [0.15, 0.2) is 0 Å². The van der Waals surface area contributed by atoms with Gasteiger partial charge in [0.1, 0.15) is 5.75 Å². The Morgan fingerprint density at radius 1 is 1.24 bits per heavy atom. The summed E-state index contributed by atoms with van der Waals surface area (Å²) in [6, 6.07) is 8.48. The summed E-state index contributed by atoms with van der Waals surface area (Å²) in [5.74, 6) is 1.72. The van der Waals surface area contributed by atoms with E-state index in [9.17, 15) is 4.79 Å². The van der Waals surface area contributed by atoms with E-state index in [0.717, 1.165) is 25.0 Å². The van der Waals surface area contributed by atoms with Crippen molar-refractivity contribution >= 4 is 5.91 Å². The molecule has 0 saturated heterocycles. The highest BCUT2D eigenvalue weighted by molar-refractivity contribution is 5.76. The number of methoxy groups -OCH3 is 1. The summed E-state index contributed by atoms with van der Waals surface area (Å²) in [7, 11) is 1.67. The van der Waals surface area contributed by atoms with Crippen LogP contribution in [0.5, 0.6) is 5.75 Å². The Morgan fingerprint density at radius 3 is 2.62 bits per heavy atom. The van der Waals surface area contributed by atoms with Crippen molar-refractivity contribution in [2.75, 3.05) is 7.11 Å². The highest BCUT2D eigenvalue weighted by Crippen LogP contribution is 2.23. The summed E-state index contributed by atoms with van der Waals surface area (Å²) in [6.45, 7) is 2.25. The minimum absolute atomic E-state index is 0.210. The van der Waals surface area contributed by atoms with Crippen molar-refractivity contribution in [2.45, 2.75) is 57.9 Å². The number of nitrogens with one attached hydrogen (secondary N) is 1. The van der Waals surface area contributed by atoms with Crippen LogP contribution >= 0.6 is 0 Å². The zero-order valence-electron chi connectivity index (χ0n) is 13.2. The molecule has 0 heterocycles. The highest BCUT2D eigenvalue weighted by Gasteiger charge is 2.22. The molecule has 1 aliphatic carbocycles. The van der Waals surface area contributed by atoms with E-state index in [-0.39, 0.29) is 5.91 Å². The molecule has 1 aliphatic rings. The van der Waals surface area contributed by atoms with E-state index in [1.165, 1.54) is 24.8 Å². The number of amides is 1. The first kappa shape index (κ1) is 15.9. The molecule has 0 unspecified atom stereocenters. The average molecular weight is 289 g/mol. The Labute approximate surface area is 128 Å². The normalized spacial score (nSPS) is 21.8. The summed E-state index contributed by atoms with van der Waals surface area (Å²) in [6.07, 6.45) is 7.42. The number of carbonyl (C=O) groups is 1. The van der Waals surface area contributed by atoms with Crippen LogP contribution in [0.2, 0.25) is 0 Å². The van der Waals surface area contributed by atoms with Gasteiger partial charge < -0.3 is 10.1 Å². The van der Waals surface area contributed by atoms with E-state index in [4.69, 9.17) is 4.74 Å². The predicted octanol–water partition coefficient (Wildman–Crippen LogP) is 3.71. The second kappa shape index (κ2) is 8.06. The molecule has 0 bridgehead atoms. The Hall–Kier alpha value is -1.51. The van der Waals surface area contributed by atoms with Gasteiger partial charge in [-0.2, -0.15) is 0 Å². The molecule has 0 aromatic heterocycles. The van der Waals surface area contributed by atoms with E-state index in [0.29, 0.717) is 18.4 Å². The van der Waals surface area contributed by atoms with Crippen molar-refractivity contribution in [3.8, 4) is 5.75 Å². The van der Waals surface area contributed by atoms with Crippen LogP contribution in [0.1, 0.15) is 51.0 Å². The largest absolute Gasteiger partial charge is 0.497 e. The van der Waals surface area contributed by atoms with Crippen LogP contribution in [0, 0.1) is 5.92 Å². The van der Waals surface area contributed by atoms with E-state index < -0.39 is 0 Å². The number of carbonyl (C=O) groups excluding carboxylic acids is 1. The average Bonchev–Trinajstić information content (AvgIpc) is 2.50. The standard InChI is InChI=1S/C18H27NO2/c1-14-6-3-4-8-17(14)19-18(20)9-5-7-15-10-12-16(21-2)13-11-15/h10-14,17H,3-9H2,1-2H3,(H,19,20)/t14-,17+/m1/s1. The molecule has 0 radical (unpaired) electrons. The molecule has 116 valence electrons. The van der Waals surface area contributed by atoms with Crippen LogP contribution in [0.3, 0.4) is 0 Å². The van der Waals surface area contributed by atoms with Crippen LogP contribution in [-0.2, 0) is 11.2 Å². The van der Waals surface area contributed by atoms with Crippen molar-refractivity contribution in [3.63, 3.8) is 0 Å². The van der Waals surface area contributed by atoms with Crippen molar-refractivity contribution in [3.05, 3.63) is 29.8 Å². The molecule has 1 amide bonds. The van der Waals surface area contributed by atoms with Gasteiger partial charge in [0, 0.05) is 12.5 Å². The molecule has 2 rings (SSSR count). The lowest BCUT2D eigenvalue weighted by Crippen LogP contribution is -2.40. The quantitative estimate of drug-likeness (QED) is 0.867. The fraction of sp³-hybridized carbons (Fsp3) is 0.611. The molecule has 1 fully saturated rings. The first-order valence-corrected chi connectivity index (χ1v) is 8.11. The van der Waals surface area contributed by atoms with Crippen LogP contribution in [0.15, 0.2) is 24.3 Å². The second-order valence-electron chi connectivity index (χ2n) is 6.14. The number of benzene rings is 1. The van der Waals surface area contributed by atoms with Gasteiger partial charge in [-0.25, -0.2) is 0 Å². The highest BCUT2D eigenvalue weighted by atomic mass is 16.5. The number of hydrogen-bond donors (Lipinski definition) is 1. The third kappa shape index (κ3) is 5.07. The Bertz CT molecular complexity index is 441. The van der Waals surface area contributed by atoms with Crippen molar-refractivity contribution in [1.82, 2.24) is 5.32 Å². The van der Waals surface area contributed by atoms with Gasteiger partial charge >= 0.3 is 0 Å². The maximum atomic E-state index is 12.0. The maximum absolute atomic E-state index is 12.0. The second-order valence-corrected chi connectivity index (χ2v) is 6.14. The summed E-state index contributed by atoms with van der Waals surface area (Å²) in [5.41, 5.74) is 1.26. The van der Waals surface area contributed by atoms with Gasteiger partial charge in [0.25, 0.3) is 0 Å². The predicted molar refractivity (Wildman–Crippen MR) is 85.5 cm³/mol. The molecule has 1 aromatic rings. The molecule has 3 heteroatoms. The van der Waals surface area contributed by atoms with Crippen molar-refractivity contribution in [2.24, 2.45) is 5.92 Å². The Morgan fingerprint density at radius 2 is 1.95 bits per heavy atom. The summed E-state index contributed by atoms with van der Waals surface area (Å²) >= 11 is 0.